The van der Waals surface area contributed by atoms with Crippen LogP contribution in [0.4, 0.5) is 13.2 Å². The lowest BCUT2D eigenvalue weighted by Crippen LogP contribution is -2.53. The average molecular weight is 657 g/mol. The van der Waals surface area contributed by atoms with Crippen LogP contribution < -0.4 is 0 Å². The Morgan fingerprint density at radius 3 is 2.32 bits per heavy atom. The number of aliphatic hydroxyl groups excluding tert-OH is 1. The first-order valence-electron chi connectivity index (χ1n) is 17.1. The number of benzene rings is 1. The minimum atomic E-state index is -2.70. The van der Waals surface area contributed by atoms with Gasteiger partial charge in [0.2, 0.25) is 0 Å². The minimum Gasteiger partial charge on any atom is -0.395 e. The van der Waals surface area contributed by atoms with Crippen LogP contribution in [-0.2, 0) is 0 Å². The first kappa shape index (κ1) is 35.3. The van der Waals surface area contributed by atoms with Gasteiger partial charge in [0.1, 0.15) is 11.6 Å². The van der Waals surface area contributed by atoms with Crippen molar-refractivity contribution in [2.45, 2.75) is 71.9 Å². The summed E-state index contributed by atoms with van der Waals surface area (Å²) >= 11 is 0. The Hall–Kier alpha value is -2.99. The molecule has 1 N–H and O–H groups in total. The number of aliphatic hydroxyl groups is 1. The van der Waals surface area contributed by atoms with E-state index in [0.29, 0.717) is 17.5 Å². The first-order chi connectivity index (χ1) is 22.5. The van der Waals surface area contributed by atoms with E-state index in [2.05, 4.69) is 45.8 Å². The monoisotopic (exact) mass is 656 g/mol. The van der Waals surface area contributed by atoms with Gasteiger partial charge in [-0.15, -0.1) is 0 Å². The van der Waals surface area contributed by atoms with Crippen LogP contribution >= 0.6 is 0 Å². The van der Waals surface area contributed by atoms with Crippen molar-refractivity contribution in [1.82, 2.24) is 29.0 Å². The molecule has 0 bridgehead atoms. The summed E-state index contributed by atoms with van der Waals surface area (Å²) in [6.45, 7) is 17.2. The van der Waals surface area contributed by atoms with Crippen molar-refractivity contribution in [3.63, 3.8) is 0 Å². The van der Waals surface area contributed by atoms with Gasteiger partial charge in [-0.25, -0.2) is 18.2 Å². The largest absolute Gasteiger partial charge is 0.395 e. The second-order valence-electron chi connectivity index (χ2n) is 13.9. The molecule has 2 aromatic heterocycles. The van der Waals surface area contributed by atoms with Crippen molar-refractivity contribution < 1.29 is 23.1 Å². The molecular weight excluding hydrogens is 605 g/mol. The number of likely N-dealkylation sites (tertiary alicyclic amines) is 1. The molecule has 11 heteroatoms. The number of fused-ring (bicyclic) bond motifs is 1. The van der Waals surface area contributed by atoms with Gasteiger partial charge in [-0.05, 0) is 75.4 Å². The Kier molecular flexibility index (Phi) is 11.6. The molecule has 0 aliphatic carbocycles. The van der Waals surface area contributed by atoms with Crippen molar-refractivity contribution >= 4 is 11.4 Å². The molecular formula is C36H51F3N6O2. The Morgan fingerprint density at radius 1 is 1.02 bits per heavy atom. The van der Waals surface area contributed by atoms with E-state index < -0.39 is 30.7 Å². The topological polar surface area (TPSA) is 67.6 Å². The number of alkyl halides is 2. The summed E-state index contributed by atoms with van der Waals surface area (Å²) in [5, 5.41) is 9.21. The number of pyridine rings is 1. The van der Waals surface area contributed by atoms with Gasteiger partial charge in [0, 0.05) is 75.6 Å². The standard InChI is InChI=1S/C36H51F3N6O2/c1-24(2)33(7-6-10-41-11-13-42(14-12-41)15-16-46)43-20-28(21-43)27-17-31(34-19-40-26(5)45(34)22-27)30-9-8-29(37)18-32(30)36(47)44(25(3)4)23-35(38)39/h8-9,17-19,22,24-25,28,33,35,46H,6-7,10-16,20-21,23H2,1-5H3/t33-/m0/s1. The number of imidazole rings is 1. The molecule has 258 valence electrons. The van der Waals surface area contributed by atoms with Crippen LogP contribution in [0.5, 0.6) is 0 Å². The average Bonchev–Trinajstić information content (AvgIpc) is 3.38. The maximum atomic E-state index is 14.6. The second-order valence-corrected chi connectivity index (χ2v) is 13.9. The predicted molar refractivity (Wildman–Crippen MR) is 180 cm³/mol. The maximum Gasteiger partial charge on any atom is 0.255 e. The number of amides is 1. The molecule has 3 aromatic rings. The molecule has 1 amide bonds. The summed E-state index contributed by atoms with van der Waals surface area (Å²) in [5.74, 6) is 0.403. The maximum absolute atomic E-state index is 14.6. The van der Waals surface area contributed by atoms with Gasteiger partial charge in [-0.3, -0.25) is 14.6 Å². The van der Waals surface area contributed by atoms with Crippen LogP contribution in [-0.4, -0.2) is 124 Å². The number of aromatic nitrogens is 2. The number of piperazine rings is 1. The van der Waals surface area contributed by atoms with Gasteiger partial charge < -0.3 is 19.3 Å². The van der Waals surface area contributed by atoms with Crippen LogP contribution in [0.25, 0.3) is 16.6 Å². The van der Waals surface area contributed by atoms with E-state index in [4.69, 9.17) is 0 Å². The summed E-state index contributed by atoms with van der Waals surface area (Å²) in [7, 11) is 0. The normalized spacial score (nSPS) is 17.7. The smallest absolute Gasteiger partial charge is 0.255 e. The zero-order valence-electron chi connectivity index (χ0n) is 28.5. The number of carbonyl (C=O) groups is 1. The van der Waals surface area contributed by atoms with E-state index in [9.17, 15) is 23.1 Å². The number of rotatable bonds is 14. The van der Waals surface area contributed by atoms with E-state index in [1.54, 1.807) is 26.1 Å². The number of carbonyl (C=O) groups excluding carboxylic acids is 1. The quantitative estimate of drug-likeness (QED) is 0.252. The molecule has 2 aliphatic rings. The van der Waals surface area contributed by atoms with Crippen LogP contribution in [0.2, 0.25) is 0 Å². The lowest BCUT2D eigenvalue weighted by atomic mass is 9.85. The van der Waals surface area contributed by atoms with Crippen molar-refractivity contribution in [3.05, 3.63) is 59.4 Å². The number of nitrogens with zero attached hydrogens (tertiary/aromatic N) is 6. The molecule has 1 atom stereocenters. The third-order valence-electron chi connectivity index (χ3n) is 10.0. The molecule has 47 heavy (non-hydrogen) atoms. The van der Waals surface area contributed by atoms with Gasteiger partial charge in [0.25, 0.3) is 12.3 Å². The summed E-state index contributed by atoms with van der Waals surface area (Å²) in [5.41, 5.74) is 3.22. The highest BCUT2D eigenvalue weighted by Crippen LogP contribution is 2.37. The number of hydrogen-bond acceptors (Lipinski definition) is 6. The molecule has 2 saturated heterocycles. The van der Waals surface area contributed by atoms with Crippen LogP contribution in [0.3, 0.4) is 0 Å². The lowest BCUT2D eigenvalue weighted by Gasteiger charge is -2.46. The van der Waals surface area contributed by atoms with Crippen molar-refractivity contribution in [3.8, 4) is 11.1 Å². The molecule has 1 aromatic carbocycles. The van der Waals surface area contributed by atoms with Crippen LogP contribution in [0.1, 0.15) is 68.2 Å². The number of hydrogen-bond donors (Lipinski definition) is 1. The molecule has 2 aliphatic heterocycles. The van der Waals surface area contributed by atoms with Gasteiger partial charge in [-0.1, -0.05) is 19.9 Å². The Labute approximate surface area is 277 Å². The Morgan fingerprint density at radius 2 is 1.70 bits per heavy atom. The van der Waals surface area contributed by atoms with Crippen molar-refractivity contribution in [2.24, 2.45) is 5.92 Å². The summed E-state index contributed by atoms with van der Waals surface area (Å²) in [6, 6.07) is 6.15. The van der Waals surface area contributed by atoms with E-state index >= 15 is 0 Å². The Balaban J connectivity index is 1.34. The SMILES string of the molecule is Cc1ncc2c(-c3ccc(F)cc3C(=O)N(CC(F)F)C(C)C)cc(C3CN([C@@H](CCCN4CCN(CCO)CC4)C(C)C)C3)cn12. The van der Waals surface area contributed by atoms with E-state index in [-0.39, 0.29) is 18.1 Å². The van der Waals surface area contributed by atoms with E-state index in [1.807, 2.05) is 11.3 Å². The van der Waals surface area contributed by atoms with E-state index in [0.717, 1.165) is 98.6 Å². The molecule has 0 unspecified atom stereocenters. The third-order valence-corrected chi connectivity index (χ3v) is 10.0. The van der Waals surface area contributed by atoms with Gasteiger partial charge in [-0.2, -0.15) is 0 Å². The third kappa shape index (κ3) is 8.18. The zero-order chi connectivity index (χ0) is 33.8. The van der Waals surface area contributed by atoms with Gasteiger partial charge in [0.15, 0.2) is 0 Å². The van der Waals surface area contributed by atoms with Crippen LogP contribution in [0.15, 0.2) is 36.7 Å². The second kappa shape index (κ2) is 15.5. The summed E-state index contributed by atoms with van der Waals surface area (Å²) < 4.78 is 43.5. The van der Waals surface area contributed by atoms with Gasteiger partial charge >= 0.3 is 0 Å². The molecule has 8 nitrogen and oxygen atoms in total. The molecule has 5 rings (SSSR count). The molecule has 0 saturated carbocycles. The van der Waals surface area contributed by atoms with E-state index in [1.165, 1.54) is 6.07 Å². The summed E-state index contributed by atoms with van der Waals surface area (Å²) in [4.78, 5) is 26.8. The van der Waals surface area contributed by atoms with Crippen molar-refractivity contribution in [1.29, 1.82) is 0 Å². The first-order valence-corrected chi connectivity index (χ1v) is 17.1. The summed E-state index contributed by atoms with van der Waals surface area (Å²) in [6.07, 6.45) is 3.45. The molecule has 0 spiro atoms. The molecule has 0 radical (unpaired) electrons. The number of halogens is 3. The highest BCUT2D eigenvalue weighted by molar-refractivity contribution is 6.03. The molecule has 4 heterocycles. The number of β-amino-alcohol motifs (C(OH)–C–C–N with tert-alkyl or cyclic N) is 1. The minimum absolute atomic E-state index is 0.0715. The highest BCUT2D eigenvalue weighted by atomic mass is 19.3. The highest BCUT2D eigenvalue weighted by Gasteiger charge is 2.35. The fourth-order valence-electron chi connectivity index (χ4n) is 7.28. The van der Waals surface area contributed by atoms with Crippen molar-refractivity contribution in [2.75, 3.05) is 65.5 Å². The zero-order valence-corrected chi connectivity index (χ0v) is 28.5. The fourth-order valence-corrected chi connectivity index (χ4v) is 7.28. The van der Waals surface area contributed by atoms with Crippen LogP contribution in [0, 0.1) is 18.7 Å². The number of aryl methyl sites for hydroxylation is 1. The molecule has 2 fully saturated rings. The lowest BCUT2D eigenvalue weighted by molar-refractivity contribution is 0.0476. The predicted octanol–water partition coefficient (Wildman–Crippen LogP) is 5.38. The fraction of sp³-hybridized carbons (Fsp3) is 0.611. The van der Waals surface area contributed by atoms with Gasteiger partial charge in [0.05, 0.1) is 30.4 Å². The Bertz CT molecular complexity index is 1500.